The molecule has 2 aliphatic rings. The van der Waals surface area contributed by atoms with Crippen LogP contribution in [0.3, 0.4) is 0 Å². The molecule has 0 unspecified atom stereocenters. The fourth-order valence-corrected chi connectivity index (χ4v) is 3.99. The Kier molecular flexibility index (Phi) is 5.67. The van der Waals surface area contributed by atoms with Gasteiger partial charge < -0.3 is 14.6 Å². The van der Waals surface area contributed by atoms with E-state index in [4.69, 9.17) is 14.7 Å². The molecule has 1 aromatic heterocycles. The third-order valence-corrected chi connectivity index (χ3v) is 5.41. The van der Waals surface area contributed by atoms with E-state index in [1.54, 1.807) is 25.4 Å². The first kappa shape index (κ1) is 21.6. The van der Waals surface area contributed by atoms with E-state index in [0.29, 0.717) is 5.88 Å². The van der Waals surface area contributed by atoms with Gasteiger partial charge in [-0.1, -0.05) is 12.1 Å². The number of halogens is 1. The van der Waals surface area contributed by atoms with Gasteiger partial charge in [0.05, 0.1) is 40.6 Å². The molecular weight excluding hydrogens is 429 g/mol. The van der Waals surface area contributed by atoms with Crippen LogP contribution in [0.5, 0.6) is 5.88 Å². The van der Waals surface area contributed by atoms with E-state index in [0.717, 1.165) is 44.8 Å². The lowest BCUT2D eigenvalue weighted by molar-refractivity contribution is 0.400. The van der Waals surface area contributed by atoms with Crippen molar-refractivity contribution in [3.63, 3.8) is 0 Å². The molecule has 0 bridgehead atoms. The minimum atomic E-state index is -0.278. The molecule has 7 heteroatoms. The van der Waals surface area contributed by atoms with E-state index < -0.39 is 0 Å². The van der Waals surface area contributed by atoms with Crippen LogP contribution in [0.25, 0.3) is 28.1 Å². The minimum absolute atomic E-state index is 0.0708. The van der Waals surface area contributed by atoms with Crippen molar-refractivity contribution in [3.05, 3.63) is 90.2 Å². The zero-order valence-electron chi connectivity index (χ0n) is 19.2. The standard InChI is InChI=1S/C27H24FN5O/c1-17(2)30-23-16-26-24(15-22(23)32-21-8-6-14-29-27(21)34-3)31-20-7-4-5-9-25(20)33(26)19-12-10-18(28)11-13-19/h4-17,32H,1-3H3. The van der Waals surface area contributed by atoms with Crippen molar-refractivity contribution in [1.82, 2.24) is 14.5 Å². The summed E-state index contributed by atoms with van der Waals surface area (Å²) in [5, 5.41) is 4.20. The molecule has 0 saturated heterocycles. The van der Waals surface area contributed by atoms with Crippen molar-refractivity contribution in [3.8, 4) is 23.0 Å². The molecule has 1 aliphatic heterocycles. The van der Waals surface area contributed by atoms with Crippen molar-refractivity contribution < 1.29 is 9.13 Å². The van der Waals surface area contributed by atoms with Crippen LogP contribution in [-0.4, -0.2) is 27.7 Å². The summed E-state index contributed by atoms with van der Waals surface area (Å²) in [6.45, 7) is 4.07. The molecule has 2 heterocycles. The first-order valence-electron chi connectivity index (χ1n) is 11.0. The first-order valence-corrected chi connectivity index (χ1v) is 11.0. The van der Waals surface area contributed by atoms with Gasteiger partial charge in [-0.3, -0.25) is 4.99 Å². The second-order valence-electron chi connectivity index (χ2n) is 8.18. The average molecular weight is 454 g/mol. The van der Waals surface area contributed by atoms with Gasteiger partial charge in [-0.25, -0.2) is 14.4 Å². The van der Waals surface area contributed by atoms with Crippen molar-refractivity contribution in [2.75, 3.05) is 12.4 Å². The van der Waals surface area contributed by atoms with E-state index in [1.165, 1.54) is 12.1 Å². The molecule has 6 nitrogen and oxygen atoms in total. The first-order chi connectivity index (χ1) is 16.5. The van der Waals surface area contributed by atoms with Crippen LogP contribution in [-0.2, 0) is 0 Å². The van der Waals surface area contributed by atoms with Crippen LogP contribution >= 0.6 is 0 Å². The van der Waals surface area contributed by atoms with Gasteiger partial charge in [0.2, 0.25) is 5.88 Å². The monoisotopic (exact) mass is 453 g/mol. The lowest BCUT2D eigenvalue weighted by atomic mass is 10.1. The number of ether oxygens (including phenoxy) is 1. The summed E-state index contributed by atoms with van der Waals surface area (Å²) in [6.07, 6.45) is 1.68. The molecule has 0 amide bonds. The maximum absolute atomic E-state index is 13.7. The molecule has 0 atom stereocenters. The number of rotatable bonds is 5. The summed E-state index contributed by atoms with van der Waals surface area (Å²) in [5.74, 6) is 0.213. The van der Waals surface area contributed by atoms with Gasteiger partial charge in [0, 0.05) is 17.9 Å². The van der Waals surface area contributed by atoms with Gasteiger partial charge in [0.25, 0.3) is 0 Å². The molecule has 0 saturated carbocycles. The van der Waals surface area contributed by atoms with Gasteiger partial charge in [0.15, 0.2) is 0 Å². The molecule has 1 aliphatic carbocycles. The Morgan fingerprint density at radius 2 is 1.76 bits per heavy atom. The highest BCUT2D eigenvalue weighted by atomic mass is 19.1. The lowest BCUT2D eigenvalue weighted by Gasteiger charge is -2.20. The summed E-state index contributed by atoms with van der Waals surface area (Å²) in [7, 11) is 1.59. The second kappa shape index (κ2) is 8.94. The molecule has 0 radical (unpaired) electrons. The predicted molar refractivity (Wildman–Crippen MR) is 132 cm³/mol. The smallest absolute Gasteiger partial charge is 0.237 e. The topological polar surface area (TPSA) is 64.3 Å². The fraction of sp³-hybridized carbons (Fsp3) is 0.148. The predicted octanol–water partition coefficient (Wildman–Crippen LogP) is 5.73. The molecule has 3 aromatic rings. The molecule has 0 fully saturated rings. The van der Waals surface area contributed by atoms with Gasteiger partial charge >= 0.3 is 0 Å². The van der Waals surface area contributed by atoms with E-state index >= 15 is 0 Å². The minimum Gasteiger partial charge on any atom is -0.480 e. The van der Waals surface area contributed by atoms with Crippen molar-refractivity contribution in [1.29, 1.82) is 0 Å². The number of hydrogen-bond donors (Lipinski definition) is 1. The lowest BCUT2D eigenvalue weighted by Crippen LogP contribution is -2.16. The Morgan fingerprint density at radius 3 is 2.53 bits per heavy atom. The van der Waals surface area contributed by atoms with Gasteiger partial charge in [0.1, 0.15) is 11.5 Å². The number of anilines is 2. The zero-order valence-corrected chi connectivity index (χ0v) is 19.2. The van der Waals surface area contributed by atoms with Crippen molar-refractivity contribution in [2.45, 2.75) is 19.9 Å². The zero-order chi connectivity index (χ0) is 23.7. The van der Waals surface area contributed by atoms with Gasteiger partial charge in [-0.05, 0) is 74.5 Å². The number of benzene rings is 3. The third-order valence-electron chi connectivity index (χ3n) is 5.41. The number of para-hydroxylation sites is 2. The molecule has 170 valence electrons. The summed E-state index contributed by atoms with van der Waals surface area (Å²) < 4.78 is 21.2. The molecule has 0 spiro atoms. The Hall–Kier alpha value is -4.26. The van der Waals surface area contributed by atoms with Crippen LogP contribution in [0.2, 0.25) is 0 Å². The number of nitrogens with one attached hydrogen (secondary N) is 1. The van der Waals surface area contributed by atoms with E-state index in [1.807, 2.05) is 62.4 Å². The highest BCUT2D eigenvalue weighted by Gasteiger charge is 2.17. The number of methoxy groups -OCH3 is 1. The van der Waals surface area contributed by atoms with E-state index in [2.05, 4.69) is 14.9 Å². The maximum atomic E-state index is 13.7. The molecular formula is C27H24FN5O. The quantitative estimate of drug-likeness (QED) is 0.346. The fourth-order valence-electron chi connectivity index (χ4n) is 3.99. The molecule has 34 heavy (non-hydrogen) atoms. The number of fused-ring (bicyclic) bond motifs is 2. The summed E-state index contributed by atoms with van der Waals surface area (Å²) >= 11 is 0. The number of nitrogens with zero attached hydrogens (tertiary/aromatic N) is 4. The maximum Gasteiger partial charge on any atom is 0.237 e. The van der Waals surface area contributed by atoms with E-state index in [9.17, 15) is 4.39 Å². The average Bonchev–Trinajstić information content (AvgIpc) is 2.84. The van der Waals surface area contributed by atoms with Crippen LogP contribution in [0, 0.1) is 5.82 Å². The molecule has 2 aromatic carbocycles. The summed E-state index contributed by atoms with van der Waals surface area (Å²) in [6, 6.07) is 22.2. The van der Waals surface area contributed by atoms with Crippen LogP contribution < -0.4 is 15.4 Å². The SMILES string of the molecule is COc1ncccc1Nc1cc2nc3ccccc3n(-c3ccc(F)cc3)c-2cc1=NC(C)C. The van der Waals surface area contributed by atoms with Crippen LogP contribution in [0.1, 0.15) is 13.8 Å². The number of pyridine rings is 1. The normalized spacial score (nSPS) is 12.0. The second-order valence-corrected chi connectivity index (χ2v) is 8.18. The third kappa shape index (κ3) is 4.08. The summed E-state index contributed by atoms with van der Waals surface area (Å²) in [4.78, 5) is 14.1. The Bertz CT molecular complexity index is 1510. The van der Waals surface area contributed by atoms with Crippen LogP contribution in [0.4, 0.5) is 15.8 Å². The Labute approximate surface area is 196 Å². The highest BCUT2D eigenvalue weighted by molar-refractivity contribution is 5.84. The molecule has 1 N–H and O–H groups in total. The van der Waals surface area contributed by atoms with Crippen molar-refractivity contribution >= 4 is 22.4 Å². The van der Waals surface area contributed by atoms with Gasteiger partial charge in [-0.2, -0.15) is 0 Å². The highest BCUT2D eigenvalue weighted by Crippen LogP contribution is 2.31. The largest absolute Gasteiger partial charge is 0.480 e. The number of hydrogen-bond acceptors (Lipinski definition) is 5. The van der Waals surface area contributed by atoms with Crippen molar-refractivity contribution in [2.24, 2.45) is 4.99 Å². The van der Waals surface area contributed by atoms with E-state index in [-0.39, 0.29) is 11.9 Å². The summed E-state index contributed by atoms with van der Waals surface area (Å²) in [5.41, 5.74) is 5.77. The Balaban J connectivity index is 1.81. The Morgan fingerprint density at radius 1 is 0.971 bits per heavy atom. The molecule has 5 rings (SSSR count). The van der Waals surface area contributed by atoms with Crippen LogP contribution in [0.15, 0.2) is 84.0 Å². The number of aromatic nitrogens is 3. The van der Waals surface area contributed by atoms with Gasteiger partial charge in [-0.15, -0.1) is 0 Å².